The highest BCUT2D eigenvalue weighted by Crippen LogP contribution is 2.30. The van der Waals surface area contributed by atoms with Gasteiger partial charge in [-0.05, 0) is 43.9 Å². The fraction of sp³-hybridized carbons (Fsp3) is 0.357. The van der Waals surface area contributed by atoms with Crippen LogP contribution in [0.3, 0.4) is 0 Å². The number of anilines is 1. The molecule has 1 amide bonds. The summed E-state index contributed by atoms with van der Waals surface area (Å²) in [5.41, 5.74) is 3.98. The molecule has 0 spiro atoms. The maximum absolute atomic E-state index is 12.8. The molecule has 0 atom stereocenters. The molecule has 1 saturated carbocycles. The predicted molar refractivity (Wildman–Crippen MR) is 133 cm³/mol. The number of hydrogen-bond acceptors (Lipinski definition) is 5. The molecule has 176 valence electrons. The van der Waals surface area contributed by atoms with Crippen LogP contribution in [-0.4, -0.2) is 28.3 Å². The third-order valence-electron chi connectivity index (χ3n) is 6.06. The summed E-state index contributed by atoms with van der Waals surface area (Å²) >= 11 is 0. The van der Waals surface area contributed by atoms with Gasteiger partial charge < -0.3 is 10.1 Å². The lowest BCUT2D eigenvalue weighted by Crippen LogP contribution is -2.18. The van der Waals surface area contributed by atoms with Crippen molar-refractivity contribution < 1.29 is 14.3 Å². The Morgan fingerprint density at radius 1 is 1.09 bits per heavy atom. The van der Waals surface area contributed by atoms with E-state index in [1.807, 2.05) is 50.2 Å². The molecular weight excluding hydrogens is 426 g/mol. The molecule has 0 aliphatic heterocycles. The van der Waals surface area contributed by atoms with Crippen LogP contribution < -0.4 is 10.1 Å². The zero-order valence-electron chi connectivity index (χ0n) is 19.8. The smallest absolute Gasteiger partial charge is 0.229 e. The van der Waals surface area contributed by atoms with Crippen molar-refractivity contribution in [1.82, 2.24) is 9.97 Å². The lowest BCUT2D eigenvalue weighted by Gasteiger charge is -2.15. The third-order valence-corrected chi connectivity index (χ3v) is 6.06. The molecule has 34 heavy (non-hydrogen) atoms. The Balaban J connectivity index is 1.50. The summed E-state index contributed by atoms with van der Waals surface area (Å²) in [5, 5.41) is 2.99. The minimum atomic E-state index is -0.123. The van der Waals surface area contributed by atoms with Gasteiger partial charge in [0.2, 0.25) is 5.91 Å². The van der Waals surface area contributed by atoms with Crippen molar-refractivity contribution >= 4 is 18.0 Å². The van der Waals surface area contributed by atoms with E-state index in [1.165, 1.54) is 25.7 Å². The first-order chi connectivity index (χ1) is 16.5. The number of carbonyl (C=O) groups is 2. The number of aromatic nitrogens is 2. The van der Waals surface area contributed by atoms with Crippen molar-refractivity contribution in [3.8, 4) is 17.0 Å². The van der Waals surface area contributed by atoms with Crippen molar-refractivity contribution in [2.75, 3.05) is 5.32 Å². The molecule has 1 N–H and O–H groups in total. The van der Waals surface area contributed by atoms with E-state index >= 15 is 0 Å². The molecule has 1 aromatic heterocycles. The van der Waals surface area contributed by atoms with Crippen molar-refractivity contribution in [2.45, 2.75) is 58.5 Å². The molecule has 0 bridgehead atoms. The minimum Gasteiger partial charge on any atom is -0.491 e. The summed E-state index contributed by atoms with van der Waals surface area (Å²) in [5.74, 6) is 1.76. The summed E-state index contributed by atoms with van der Waals surface area (Å²) in [6.45, 7) is 3.97. The van der Waals surface area contributed by atoms with Crippen LogP contribution in [0.25, 0.3) is 11.3 Å². The third kappa shape index (κ3) is 6.28. The molecule has 6 nitrogen and oxygen atoms in total. The molecule has 0 unspecified atom stereocenters. The molecule has 2 aromatic carbocycles. The molecule has 1 aliphatic carbocycles. The van der Waals surface area contributed by atoms with E-state index in [0.717, 1.165) is 41.0 Å². The molecule has 4 rings (SSSR count). The van der Waals surface area contributed by atoms with Gasteiger partial charge in [-0.15, -0.1) is 0 Å². The van der Waals surface area contributed by atoms with Gasteiger partial charge in [0, 0.05) is 11.1 Å². The van der Waals surface area contributed by atoms with E-state index in [1.54, 1.807) is 18.3 Å². The van der Waals surface area contributed by atoms with E-state index in [0.29, 0.717) is 17.3 Å². The van der Waals surface area contributed by atoms with Crippen LogP contribution in [0.4, 0.5) is 5.82 Å². The van der Waals surface area contributed by atoms with E-state index in [2.05, 4.69) is 10.3 Å². The minimum absolute atomic E-state index is 0.108. The standard InChI is InChI=1S/C28H31N3O3/c1-19(2)34-24-13-9-21(10-14-24)16-27(33)31-28-25(15-20-5-3-4-6-20)30-26(17-29-28)23-11-7-22(18-32)8-12-23/h7-14,17-20H,3-6,15-16H2,1-2H3,(H,29,31,33). The fourth-order valence-corrected chi connectivity index (χ4v) is 4.35. The highest BCUT2D eigenvalue weighted by Gasteiger charge is 2.20. The topological polar surface area (TPSA) is 81.2 Å². The Hall–Kier alpha value is -3.54. The second-order valence-electron chi connectivity index (χ2n) is 9.18. The maximum Gasteiger partial charge on any atom is 0.229 e. The van der Waals surface area contributed by atoms with Gasteiger partial charge in [0.25, 0.3) is 0 Å². The number of ether oxygens (including phenoxy) is 1. The summed E-state index contributed by atoms with van der Waals surface area (Å²) in [6.07, 6.45) is 8.50. The van der Waals surface area contributed by atoms with Gasteiger partial charge in [-0.25, -0.2) is 9.97 Å². The highest BCUT2D eigenvalue weighted by molar-refractivity contribution is 5.92. The zero-order valence-corrected chi connectivity index (χ0v) is 19.8. The van der Waals surface area contributed by atoms with Crippen LogP contribution >= 0.6 is 0 Å². The largest absolute Gasteiger partial charge is 0.491 e. The SMILES string of the molecule is CC(C)Oc1ccc(CC(=O)Nc2ncc(-c3ccc(C=O)cc3)nc2CC2CCCC2)cc1. The van der Waals surface area contributed by atoms with Crippen LogP contribution in [0.15, 0.2) is 54.7 Å². The van der Waals surface area contributed by atoms with Crippen LogP contribution in [0.2, 0.25) is 0 Å². The Labute approximate surface area is 200 Å². The molecule has 1 aliphatic rings. The average Bonchev–Trinajstić information content (AvgIpc) is 3.34. The van der Waals surface area contributed by atoms with Gasteiger partial charge in [-0.3, -0.25) is 9.59 Å². The lowest BCUT2D eigenvalue weighted by atomic mass is 10.0. The number of hydrogen-bond donors (Lipinski definition) is 1. The number of benzene rings is 2. The number of aldehydes is 1. The van der Waals surface area contributed by atoms with Crippen molar-refractivity contribution in [3.63, 3.8) is 0 Å². The van der Waals surface area contributed by atoms with E-state index in [4.69, 9.17) is 9.72 Å². The molecular formula is C28H31N3O3. The zero-order chi connectivity index (χ0) is 23.9. The molecule has 3 aromatic rings. The van der Waals surface area contributed by atoms with Crippen LogP contribution in [-0.2, 0) is 17.6 Å². The first-order valence-corrected chi connectivity index (χ1v) is 12.0. The van der Waals surface area contributed by atoms with Crippen molar-refractivity contribution in [3.05, 3.63) is 71.5 Å². The monoisotopic (exact) mass is 457 g/mol. The molecule has 6 heteroatoms. The lowest BCUT2D eigenvalue weighted by molar-refractivity contribution is -0.115. The van der Waals surface area contributed by atoms with Gasteiger partial charge in [0.1, 0.15) is 12.0 Å². The quantitative estimate of drug-likeness (QED) is 0.420. The Kier molecular flexibility index (Phi) is 7.68. The van der Waals surface area contributed by atoms with Gasteiger partial charge in [-0.1, -0.05) is 62.1 Å². The Morgan fingerprint density at radius 3 is 2.44 bits per heavy atom. The first kappa shape index (κ1) is 23.6. The average molecular weight is 458 g/mol. The van der Waals surface area contributed by atoms with Crippen molar-refractivity contribution in [1.29, 1.82) is 0 Å². The first-order valence-electron chi connectivity index (χ1n) is 12.0. The summed E-state index contributed by atoms with van der Waals surface area (Å²) in [6, 6.07) is 14.9. The van der Waals surface area contributed by atoms with E-state index in [9.17, 15) is 9.59 Å². The van der Waals surface area contributed by atoms with E-state index < -0.39 is 0 Å². The van der Waals surface area contributed by atoms with Gasteiger partial charge in [-0.2, -0.15) is 0 Å². The highest BCUT2D eigenvalue weighted by atomic mass is 16.5. The van der Waals surface area contributed by atoms with Gasteiger partial charge in [0.15, 0.2) is 5.82 Å². The normalized spacial score (nSPS) is 13.7. The molecule has 1 heterocycles. The number of nitrogens with zero attached hydrogens (tertiary/aromatic N) is 2. The number of rotatable bonds is 9. The van der Waals surface area contributed by atoms with Crippen LogP contribution in [0, 0.1) is 5.92 Å². The second-order valence-corrected chi connectivity index (χ2v) is 9.18. The molecule has 0 radical (unpaired) electrons. The van der Waals surface area contributed by atoms with Crippen molar-refractivity contribution in [2.24, 2.45) is 5.92 Å². The fourth-order valence-electron chi connectivity index (χ4n) is 4.35. The summed E-state index contributed by atoms with van der Waals surface area (Å²) in [4.78, 5) is 33.2. The maximum atomic E-state index is 12.8. The van der Waals surface area contributed by atoms with Crippen LogP contribution in [0.5, 0.6) is 5.75 Å². The molecule has 1 fully saturated rings. The van der Waals surface area contributed by atoms with Crippen LogP contribution in [0.1, 0.15) is 61.1 Å². The second kappa shape index (κ2) is 11.1. The molecule has 0 saturated heterocycles. The predicted octanol–water partition coefficient (Wildman–Crippen LogP) is 5.66. The number of amides is 1. The summed E-state index contributed by atoms with van der Waals surface area (Å²) in [7, 11) is 0. The van der Waals surface area contributed by atoms with Gasteiger partial charge in [0.05, 0.1) is 30.1 Å². The van der Waals surface area contributed by atoms with E-state index in [-0.39, 0.29) is 18.4 Å². The Morgan fingerprint density at radius 2 is 1.79 bits per heavy atom. The number of nitrogens with one attached hydrogen (secondary N) is 1. The number of carbonyl (C=O) groups excluding carboxylic acids is 2. The Bertz CT molecular complexity index is 1120. The summed E-state index contributed by atoms with van der Waals surface area (Å²) < 4.78 is 5.67. The van der Waals surface area contributed by atoms with Gasteiger partial charge >= 0.3 is 0 Å².